The van der Waals surface area contributed by atoms with Gasteiger partial charge in [0.15, 0.2) is 11.8 Å². The summed E-state index contributed by atoms with van der Waals surface area (Å²) in [6, 6.07) is 4.26. The van der Waals surface area contributed by atoms with Gasteiger partial charge in [0.25, 0.3) is 17.4 Å². The first kappa shape index (κ1) is 35.9. The molecule has 5 aliphatic rings. The fourth-order valence-corrected chi connectivity index (χ4v) is 8.11. The number of carboxylic acids is 1. The molecular formula is C30H40N8O10S2. The van der Waals surface area contributed by atoms with Crippen LogP contribution >= 0.6 is 11.8 Å². The van der Waals surface area contributed by atoms with E-state index in [9.17, 15) is 27.9 Å². The maximum Gasteiger partial charge on any atom is 0.418 e. The second-order valence-electron chi connectivity index (χ2n) is 13.6. The van der Waals surface area contributed by atoms with Crippen LogP contribution in [0.5, 0.6) is 5.75 Å². The van der Waals surface area contributed by atoms with Crippen molar-refractivity contribution >= 4 is 51.5 Å². The minimum atomic E-state index is -5.02. The number of carbonyl (C=O) groups excluding carboxylic acids is 2. The first-order valence-corrected chi connectivity index (χ1v) is 18.3. The number of piperidine rings is 1. The van der Waals surface area contributed by atoms with Crippen molar-refractivity contribution in [2.75, 3.05) is 13.1 Å². The molecule has 2 amide bonds. The van der Waals surface area contributed by atoms with Gasteiger partial charge in [0, 0.05) is 17.0 Å². The summed E-state index contributed by atoms with van der Waals surface area (Å²) in [6.07, 6.45) is 1.86. The molecule has 20 heteroatoms. The molecule has 272 valence electrons. The molecule has 0 aromatic heterocycles. The molecule has 6 unspecified atom stereocenters. The van der Waals surface area contributed by atoms with E-state index in [-0.39, 0.29) is 18.2 Å². The molecule has 1 aromatic rings. The van der Waals surface area contributed by atoms with Gasteiger partial charge in [-0.3, -0.25) is 19.6 Å². The number of rotatable bonds is 11. The number of benzene rings is 1. The minimum absolute atomic E-state index is 0.0827. The number of carboxylic acid groups (broad SMARTS) is 1. The van der Waals surface area contributed by atoms with E-state index in [2.05, 4.69) is 30.7 Å². The molecule has 9 N–H and O–H groups in total. The molecule has 18 nitrogen and oxygen atoms in total. The number of ether oxygens (including phenoxy) is 1. The fourth-order valence-electron chi connectivity index (χ4n) is 7.00. The fraction of sp³-hybridized carbons (Fsp3) is 0.567. The molecule has 6 rings (SSSR count). The quantitative estimate of drug-likeness (QED) is 0.0479. The topological polar surface area (TPSA) is 267 Å². The molecule has 4 heterocycles. The Labute approximate surface area is 292 Å². The Bertz CT molecular complexity index is 1750. The number of hydrogen-bond donors (Lipinski definition) is 8. The molecule has 3 fully saturated rings. The van der Waals surface area contributed by atoms with E-state index in [0.29, 0.717) is 40.5 Å². The van der Waals surface area contributed by atoms with Crippen molar-refractivity contribution < 1.29 is 46.3 Å². The summed E-state index contributed by atoms with van der Waals surface area (Å²) in [7, 11) is -5.02. The summed E-state index contributed by atoms with van der Waals surface area (Å²) < 4.78 is 41.9. The Hall–Kier alpha value is -3.95. The number of fused-ring (bicyclic) bond motifs is 3. The predicted octanol–water partition coefficient (Wildman–Crippen LogP) is -0.231. The smallest absolute Gasteiger partial charge is 0.418 e. The van der Waals surface area contributed by atoms with Gasteiger partial charge in [0.05, 0.1) is 11.2 Å². The van der Waals surface area contributed by atoms with E-state index in [1.54, 1.807) is 12.1 Å². The number of aliphatic carboxylic acids is 1. The molecule has 1 saturated carbocycles. The normalized spacial score (nSPS) is 29.7. The number of nitrogens with one attached hydrogen (secondary N) is 5. The number of thioether (sulfide) groups is 1. The highest BCUT2D eigenvalue weighted by Gasteiger charge is 2.58. The zero-order chi connectivity index (χ0) is 36.2. The Balaban J connectivity index is 1.17. The lowest BCUT2D eigenvalue weighted by atomic mass is 9.84. The average molecular weight is 737 g/mol. The molecule has 0 radical (unpaired) electrons. The standard InChI is InChI=1S/C30H40N8O10S2/c1-29(2)23(26(40)38(29)48-50(43,44)45)36-25(39)22(18-13-49-28(32)34-18)37-47-30(3,27(41)42)20-9-7-14-10-15(6-8-19(14)46-20)24(31)35-21-16-4-5-17(21)12-33-11-16/h6,8,10,13,16-17,20-21,23,28,33-34H,4-5,7,9,11-12,32H2,1-3H3,(H2,31,35)(H,36,39)(H,41,42)(H,43,44,45)/b37-22-. The van der Waals surface area contributed by atoms with Gasteiger partial charge in [0.1, 0.15) is 23.1 Å². The average Bonchev–Trinajstić information content (AvgIpc) is 3.57. The van der Waals surface area contributed by atoms with Crippen molar-refractivity contribution in [3.63, 3.8) is 0 Å². The molecule has 6 atom stereocenters. The van der Waals surface area contributed by atoms with Crippen LogP contribution in [0.2, 0.25) is 0 Å². The van der Waals surface area contributed by atoms with Crippen molar-refractivity contribution in [2.24, 2.45) is 22.7 Å². The summed E-state index contributed by atoms with van der Waals surface area (Å²) in [5, 5.41) is 37.0. The van der Waals surface area contributed by atoms with Gasteiger partial charge in [-0.2, -0.15) is 13.5 Å². The maximum atomic E-state index is 13.5. The Kier molecular flexibility index (Phi) is 9.54. The van der Waals surface area contributed by atoms with Gasteiger partial charge >= 0.3 is 16.4 Å². The summed E-state index contributed by atoms with van der Waals surface area (Å²) in [6.45, 7) is 5.92. The SMILES string of the molecule is CC(O/N=C(\C(=O)NC1C(=O)N(OS(=O)(=O)O)C1(C)C)C1=CSC(N)N1)(C(=O)O)C1CCc2cc(C(=N)NC3C4CCC3CNC4)ccc2O1. The van der Waals surface area contributed by atoms with E-state index in [0.717, 1.165) is 43.3 Å². The highest BCUT2D eigenvalue weighted by Crippen LogP contribution is 2.37. The lowest BCUT2D eigenvalue weighted by Crippen LogP contribution is -2.77. The van der Waals surface area contributed by atoms with Crippen LogP contribution in [-0.2, 0) is 40.3 Å². The molecule has 50 heavy (non-hydrogen) atoms. The van der Waals surface area contributed by atoms with E-state index >= 15 is 0 Å². The summed E-state index contributed by atoms with van der Waals surface area (Å²) in [5.74, 6) is -1.63. The predicted molar refractivity (Wildman–Crippen MR) is 179 cm³/mol. The number of β-lactam (4-membered cyclic amide) rings is 1. The van der Waals surface area contributed by atoms with Crippen LogP contribution in [0.3, 0.4) is 0 Å². The number of nitrogens with zero attached hydrogens (tertiary/aromatic N) is 2. The molecule has 2 bridgehead atoms. The molecule has 4 aliphatic heterocycles. The lowest BCUT2D eigenvalue weighted by molar-refractivity contribution is -0.218. The number of oxime groups is 1. The molecule has 0 spiro atoms. The van der Waals surface area contributed by atoms with Gasteiger partial charge in [0.2, 0.25) is 0 Å². The van der Waals surface area contributed by atoms with E-state index in [1.165, 1.54) is 26.2 Å². The van der Waals surface area contributed by atoms with Crippen LogP contribution in [-0.4, -0.2) is 100 Å². The summed E-state index contributed by atoms with van der Waals surface area (Å²) in [4.78, 5) is 44.5. The Morgan fingerprint density at radius 2 is 1.92 bits per heavy atom. The van der Waals surface area contributed by atoms with Crippen LogP contribution in [0.25, 0.3) is 0 Å². The Morgan fingerprint density at radius 1 is 1.22 bits per heavy atom. The highest BCUT2D eigenvalue weighted by atomic mass is 32.3. The Morgan fingerprint density at radius 3 is 2.52 bits per heavy atom. The second kappa shape index (κ2) is 13.3. The molecule has 1 aliphatic carbocycles. The zero-order valence-electron chi connectivity index (χ0n) is 27.5. The van der Waals surface area contributed by atoms with Crippen molar-refractivity contribution in [1.29, 1.82) is 5.41 Å². The third kappa shape index (κ3) is 6.87. The highest BCUT2D eigenvalue weighted by molar-refractivity contribution is 8.02. The van der Waals surface area contributed by atoms with Crippen molar-refractivity contribution in [1.82, 2.24) is 26.3 Å². The second-order valence-corrected chi connectivity index (χ2v) is 15.7. The van der Waals surface area contributed by atoms with E-state index in [1.807, 2.05) is 6.07 Å². The zero-order valence-corrected chi connectivity index (χ0v) is 29.1. The number of amidine groups is 1. The number of hydroxylamine groups is 2. The largest absolute Gasteiger partial charge is 0.485 e. The van der Waals surface area contributed by atoms with Crippen molar-refractivity contribution in [3.8, 4) is 5.75 Å². The van der Waals surface area contributed by atoms with Crippen molar-refractivity contribution in [2.45, 2.75) is 81.3 Å². The maximum absolute atomic E-state index is 13.5. The number of amides is 2. The van der Waals surface area contributed by atoms with Crippen LogP contribution in [0, 0.1) is 17.2 Å². The van der Waals surface area contributed by atoms with Gasteiger partial charge in [-0.1, -0.05) is 16.9 Å². The van der Waals surface area contributed by atoms with Gasteiger partial charge in [-0.05, 0) is 95.1 Å². The first-order chi connectivity index (χ1) is 23.5. The number of hydrogen-bond acceptors (Lipinski definition) is 14. The van der Waals surface area contributed by atoms with E-state index < -0.39 is 62.7 Å². The first-order valence-electron chi connectivity index (χ1n) is 16.0. The van der Waals surface area contributed by atoms with Gasteiger partial charge in [-0.15, -0.1) is 4.28 Å². The third-order valence-corrected chi connectivity index (χ3v) is 11.0. The van der Waals surface area contributed by atoms with Crippen LogP contribution in [0.1, 0.15) is 51.2 Å². The number of aryl methyl sites for hydroxylation is 1. The minimum Gasteiger partial charge on any atom is -0.485 e. The monoisotopic (exact) mass is 736 g/mol. The third-order valence-electron chi connectivity index (χ3n) is 9.93. The van der Waals surface area contributed by atoms with Gasteiger partial charge < -0.3 is 41.7 Å². The summed E-state index contributed by atoms with van der Waals surface area (Å²) >= 11 is 1.11. The number of carbonyl (C=O) groups is 3. The molecule has 2 saturated heterocycles. The van der Waals surface area contributed by atoms with E-state index in [4.69, 9.17) is 25.3 Å². The van der Waals surface area contributed by atoms with Crippen LogP contribution in [0.4, 0.5) is 0 Å². The molecule has 1 aromatic carbocycles. The van der Waals surface area contributed by atoms with Crippen LogP contribution < -0.4 is 31.7 Å². The lowest BCUT2D eigenvalue weighted by Gasteiger charge is -2.50. The number of nitrogens with two attached hydrogens (primary N) is 1. The van der Waals surface area contributed by atoms with Gasteiger partial charge in [-0.25, -0.2) is 4.79 Å². The van der Waals surface area contributed by atoms with Crippen molar-refractivity contribution in [3.05, 3.63) is 40.4 Å². The summed E-state index contributed by atoms with van der Waals surface area (Å²) in [5.41, 5.74) is 2.89. The van der Waals surface area contributed by atoms with Crippen LogP contribution in [0.15, 0.2) is 34.5 Å². The molecular weight excluding hydrogens is 697 g/mol.